The summed E-state index contributed by atoms with van der Waals surface area (Å²) in [7, 11) is 0. The molecule has 5 nitrogen and oxygen atoms in total. The molecule has 1 unspecified atom stereocenters. The predicted molar refractivity (Wildman–Crippen MR) is 52.4 cm³/mol. The van der Waals surface area contributed by atoms with Gasteiger partial charge in [-0.2, -0.15) is 0 Å². The topological polar surface area (TPSA) is 69.7 Å². The summed E-state index contributed by atoms with van der Waals surface area (Å²) in [6.45, 7) is 3.47. The molecule has 16 heavy (non-hydrogen) atoms. The molecule has 0 N–H and O–H groups in total. The van der Waals surface area contributed by atoms with Crippen molar-refractivity contribution in [2.75, 3.05) is 13.2 Å². The van der Waals surface area contributed by atoms with Gasteiger partial charge in [0.2, 0.25) is 0 Å². The highest BCUT2D eigenvalue weighted by Crippen LogP contribution is 2.00. The van der Waals surface area contributed by atoms with Crippen molar-refractivity contribution in [2.24, 2.45) is 0 Å². The zero-order valence-electron chi connectivity index (χ0n) is 9.32. The smallest absolute Gasteiger partial charge is 0.378 e. The van der Waals surface area contributed by atoms with Crippen LogP contribution in [0.25, 0.3) is 0 Å². The minimum Gasteiger partial charge on any atom is -0.463 e. The van der Waals surface area contributed by atoms with Crippen molar-refractivity contribution in [3.63, 3.8) is 0 Å². The molecule has 0 aliphatic rings. The van der Waals surface area contributed by atoms with Gasteiger partial charge >= 0.3 is 11.9 Å². The Hall–Kier alpha value is -1.46. The van der Waals surface area contributed by atoms with E-state index in [4.69, 9.17) is 0 Å². The van der Waals surface area contributed by atoms with Crippen LogP contribution in [0.3, 0.4) is 0 Å². The summed E-state index contributed by atoms with van der Waals surface area (Å²) in [5, 5.41) is 0. The van der Waals surface area contributed by atoms with Crippen LogP contribution in [0.1, 0.15) is 26.7 Å². The van der Waals surface area contributed by atoms with Crippen LogP contribution in [-0.2, 0) is 23.9 Å². The number of Topliss-reactive ketones (excluding diaryl/α,β-unsaturated/α-hetero) is 1. The summed E-state index contributed by atoms with van der Waals surface area (Å²) in [6, 6.07) is 0. The van der Waals surface area contributed by atoms with Crippen LogP contribution >= 0.6 is 0 Å². The van der Waals surface area contributed by atoms with E-state index in [0.717, 1.165) is 0 Å². The second-order valence-corrected chi connectivity index (χ2v) is 3.03. The van der Waals surface area contributed by atoms with Crippen LogP contribution < -0.4 is 0 Å². The van der Waals surface area contributed by atoms with Crippen LogP contribution in [-0.4, -0.2) is 37.1 Å². The molecule has 0 aromatic heterocycles. The molecule has 0 radical (unpaired) electrons. The van der Waals surface area contributed by atoms with Gasteiger partial charge in [-0.15, -0.1) is 0 Å². The third-order valence-corrected chi connectivity index (χ3v) is 1.52. The fraction of sp³-hybridized carbons (Fsp3) is 0.700. The van der Waals surface area contributed by atoms with Crippen molar-refractivity contribution < 1.29 is 28.2 Å². The second-order valence-electron chi connectivity index (χ2n) is 3.03. The largest absolute Gasteiger partial charge is 0.463 e. The van der Waals surface area contributed by atoms with Gasteiger partial charge in [-0.05, 0) is 12.8 Å². The number of ketones is 1. The number of esters is 2. The van der Waals surface area contributed by atoms with Crippen molar-refractivity contribution in [3.05, 3.63) is 0 Å². The number of hydrogen-bond donors (Lipinski definition) is 0. The Morgan fingerprint density at radius 2 is 1.56 bits per heavy atom. The molecule has 0 spiro atoms. The monoisotopic (exact) mass is 234 g/mol. The van der Waals surface area contributed by atoms with E-state index in [1.54, 1.807) is 13.8 Å². The molecule has 0 aromatic rings. The summed E-state index contributed by atoms with van der Waals surface area (Å²) < 4.78 is 21.8. The number of alkyl halides is 1. The lowest BCUT2D eigenvalue weighted by molar-refractivity contribution is -0.163. The molecule has 0 fully saturated rings. The van der Waals surface area contributed by atoms with E-state index in [0.29, 0.717) is 12.8 Å². The Morgan fingerprint density at radius 3 is 2.06 bits per heavy atom. The molecule has 0 aromatic carbocycles. The third kappa shape index (κ3) is 4.86. The van der Waals surface area contributed by atoms with E-state index in [1.807, 2.05) is 0 Å². The van der Waals surface area contributed by atoms with E-state index in [1.165, 1.54) is 0 Å². The van der Waals surface area contributed by atoms with Gasteiger partial charge in [0.05, 0.1) is 13.2 Å². The normalized spacial score (nSPS) is 11.7. The van der Waals surface area contributed by atoms with Gasteiger partial charge in [0.25, 0.3) is 12.0 Å². The van der Waals surface area contributed by atoms with Gasteiger partial charge in [-0.1, -0.05) is 13.8 Å². The zero-order chi connectivity index (χ0) is 12.6. The number of hydrogen-bond acceptors (Lipinski definition) is 5. The molecule has 0 aliphatic heterocycles. The Morgan fingerprint density at radius 1 is 1.06 bits per heavy atom. The quantitative estimate of drug-likeness (QED) is 0.370. The van der Waals surface area contributed by atoms with Gasteiger partial charge in [-0.25, -0.2) is 14.0 Å². The highest BCUT2D eigenvalue weighted by molar-refractivity contribution is 6.39. The Labute approximate surface area is 92.9 Å². The Kier molecular flexibility index (Phi) is 7.07. The molecule has 0 heterocycles. The van der Waals surface area contributed by atoms with Crippen LogP contribution in [0.5, 0.6) is 0 Å². The standard InChI is InChI=1S/C10H15FO5/c1-3-5-15-9(13)7(11)8(12)10(14)16-6-4-2/h7H,3-6H2,1-2H3. The fourth-order valence-electron chi connectivity index (χ4n) is 0.752. The van der Waals surface area contributed by atoms with Gasteiger partial charge < -0.3 is 9.47 Å². The lowest BCUT2D eigenvalue weighted by Gasteiger charge is -2.06. The van der Waals surface area contributed by atoms with Crippen LogP contribution in [0, 0.1) is 0 Å². The number of carbonyl (C=O) groups is 3. The van der Waals surface area contributed by atoms with Crippen molar-refractivity contribution in [2.45, 2.75) is 32.9 Å². The van der Waals surface area contributed by atoms with Crippen molar-refractivity contribution >= 4 is 17.7 Å². The summed E-state index contributed by atoms with van der Waals surface area (Å²) in [5.74, 6) is -4.21. The zero-order valence-corrected chi connectivity index (χ0v) is 9.32. The molecule has 0 rings (SSSR count). The maximum Gasteiger partial charge on any atom is 0.378 e. The molecule has 92 valence electrons. The summed E-state index contributed by atoms with van der Waals surface area (Å²) >= 11 is 0. The Balaban J connectivity index is 4.15. The molecular weight excluding hydrogens is 219 g/mol. The van der Waals surface area contributed by atoms with E-state index in [2.05, 4.69) is 9.47 Å². The predicted octanol–water partition coefficient (Wildman–Crippen LogP) is 0.800. The Bertz CT molecular complexity index is 264. The van der Waals surface area contributed by atoms with Crippen LogP contribution in [0.4, 0.5) is 4.39 Å². The lowest BCUT2D eigenvalue weighted by atomic mass is 10.2. The minimum absolute atomic E-state index is 0.0105. The fourth-order valence-corrected chi connectivity index (χ4v) is 0.752. The first-order chi connectivity index (χ1) is 7.54. The molecule has 1 atom stereocenters. The maximum absolute atomic E-state index is 13.1. The van der Waals surface area contributed by atoms with Crippen LogP contribution in [0.2, 0.25) is 0 Å². The van der Waals surface area contributed by atoms with Gasteiger partial charge in [0.15, 0.2) is 0 Å². The maximum atomic E-state index is 13.1. The van der Waals surface area contributed by atoms with Gasteiger partial charge in [0.1, 0.15) is 0 Å². The van der Waals surface area contributed by atoms with Crippen molar-refractivity contribution in [3.8, 4) is 0 Å². The van der Waals surface area contributed by atoms with E-state index in [-0.39, 0.29) is 13.2 Å². The summed E-state index contributed by atoms with van der Waals surface area (Å²) in [6.07, 6.45) is -1.57. The SMILES string of the molecule is CCCOC(=O)C(=O)C(F)C(=O)OCCC. The molecule has 0 amide bonds. The number of carbonyl (C=O) groups excluding carboxylic acids is 3. The first kappa shape index (κ1) is 14.5. The van der Waals surface area contributed by atoms with E-state index < -0.39 is 23.9 Å². The van der Waals surface area contributed by atoms with Crippen molar-refractivity contribution in [1.82, 2.24) is 0 Å². The molecule has 6 heteroatoms. The molecule has 0 saturated heterocycles. The molecule has 0 saturated carbocycles. The first-order valence-electron chi connectivity index (χ1n) is 5.06. The van der Waals surface area contributed by atoms with E-state index >= 15 is 0 Å². The van der Waals surface area contributed by atoms with Crippen molar-refractivity contribution in [1.29, 1.82) is 0 Å². The summed E-state index contributed by atoms with van der Waals surface area (Å²) in [4.78, 5) is 32.8. The van der Waals surface area contributed by atoms with Gasteiger partial charge in [0, 0.05) is 0 Å². The number of halogens is 1. The van der Waals surface area contributed by atoms with Crippen LogP contribution in [0.15, 0.2) is 0 Å². The first-order valence-corrected chi connectivity index (χ1v) is 5.06. The number of rotatable bonds is 7. The minimum atomic E-state index is -2.59. The highest BCUT2D eigenvalue weighted by Gasteiger charge is 2.34. The molecular formula is C10H15FO5. The average Bonchev–Trinajstić information content (AvgIpc) is 2.30. The second kappa shape index (κ2) is 7.78. The number of ether oxygens (including phenoxy) is 2. The third-order valence-electron chi connectivity index (χ3n) is 1.52. The molecule has 0 aliphatic carbocycles. The average molecular weight is 234 g/mol. The van der Waals surface area contributed by atoms with E-state index in [9.17, 15) is 18.8 Å². The molecule has 0 bridgehead atoms. The lowest BCUT2D eigenvalue weighted by Crippen LogP contribution is -2.34. The summed E-state index contributed by atoms with van der Waals surface area (Å²) in [5.41, 5.74) is 0. The highest BCUT2D eigenvalue weighted by atomic mass is 19.1. The van der Waals surface area contributed by atoms with Gasteiger partial charge in [-0.3, -0.25) is 4.79 Å².